The second-order valence-corrected chi connectivity index (χ2v) is 14.8. The Morgan fingerprint density at radius 1 is 1.07 bits per heavy atom. The zero-order valence-corrected chi connectivity index (χ0v) is 27.5. The smallest absolute Gasteiger partial charge is 0.237 e. The van der Waals surface area contributed by atoms with E-state index in [-0.39, 0.29) is 17.2 Å². The van der Waals surface area contributed by atoms with E-state index in [9.17, 15) is 20.1 Å². The summed E-state index contributed by atoms with van der Waals surface area (Å²) in [6, 6.07) is 7.78. The van der Waals surface area contributed by atoms with E-state index in [1.54, 1.807) is 18.0 Å². The molecule has 0 spiro atoms. The Morgan fingerprint density at radius 2 is 1.76 bits per heavy atom. The molecule has 0 radical (unpaired) electrons. The number of aliphatic hydroxyl groups is 3. The van der Waals surface area contributed by atoms with Crippen molar-refractivity contribution >= 4 is 29.4 Å². The van der Waals surface area contributed by atoms with E-state index in [1.165, 1.54) is 17.3 Å². The minimum atomic E-state index is -1.36. The summed E-state index contributed by atoms with van der Waals surface area (Å²) in [5, 5.41) is 35.2. The number of nitrogens with zero attached hydrogens (tertiary/aromatic N) is 3. The Morgan fingerprint density at radius 3 is 2.40 bits per heavy atom. The third-order valence-electron chi connectivity index (χ3n) is 9.20. The van der Waals surface area contributed by atoms with Gasteiger partial charge in [0, 0.05) is 49.4 Å². The first kappa shape index (κ1) is 34.0. The number of carbonyl (C=O) groups excluding carboxylic acids is 1. The molecule has 11 heteroatoms. The molecule has 238 valence electrons. The minimum absolute atomic E-state index is 0.0788. The lowest BCUT2D eigenvalue weighted by Crippen LogP contribution is -2.65. The van der Waals surface area contributed by atoms with Gasteiger partial charge in [0.05, 0.1) is 12.1 Å². The third kappa shape index (κ3) is 8.63. The summed E-state index contributed by atoms with van der Waals surface area (Å²) >= 11 is 2.91. The van der Waals surface area contributed by atoms with E-state index in [1.807, 2.05) is 14.0 Å². The van der Waals surface area contributed by atoms with Crippen molar-refractivity contribution in [2.24, 2.45) is 5.92 Å². The SMILES string of the molecule is CCC[C@@H]1C[C@@H](C(=O)N[C@H](C2O[C@H](SC)[C@H](O)[C@@H](O)[C@H]2O)[C@H](C)Sc2ccc(CCN3CCN(C)CC3)cc2)N(C)C1. The van der Waals surface area contributed by atoms with Gasteiger partial charge in [-0.2, -0.15) is 0 Å². The van der Waals surface area contributed by atoms with Gasteiger partial charge in [0.1, 0.15) is 29.9 Å². The van der Waals surface area contributed by atoms with Gasteiger partial charge >= 0.3 is 0 Å². The molecule has 3 fully saturated rings. The van der Waals surface area contributed by atoms with E-state index in [2.05, 4.69) is 58.3 Å². The molecule has 0 saturated carbocycles. The minimum Gasteiger partial charge on any atom is -0.388 e. The van der Waals surface area contributed by atoms with Gasteiger partial charge in [-0.3, -0.25) is 9.69 Å². The van der Waals surface area contributed by atoms with Crippen LogP contribution in [0.25, 0.3) is 0 Å². The molecule has 42 heavy (non-hydrogen) atoms. The fourth-order valence-corrected chi connectivity index (χ4v) is 8.27. The highest BCUT2D eigenvalue weighted by Crippen LogP contribution is 2.34. The molecule has 9 nitrogen and oxygen atoms in total. The number of piperazine rings is 1. The van der Waals surface area contributed by atoms with E-state index < -0.39 is 35.9 Å². The second-order valence-electron chi connectivity index (χ2n) is 12.4. The molecule has 3 aliphatic rings. The van der Waals surface area contributed by atoms with Crippen molar-refractivity contribution in [1.82, 2.24) is 20.0 Å². The fourth-order valence-electron chi connectivity index (χ4n) is 6.50. The Bertz CT molecular complexity index is 981. The number of benzene rings is 1. The van der Waals surface area contributed by atoms with Crippen molar-refractivity contribution in [3.63, 3.8) is 0 Å². The zero-order valence-electron chi connectivity index (χ0n) is 25.9. The fraction of sp³-hybridized carbons (Fsp3) is 0.774. The lowest BCUT2D eigenvalue weighted by Gasteiger charge is -2.44. The number of thioether (sulfide) groups is 2. The number of aliphatic hydroxyl groups excluding tert-OH is 3. The van der Waals surface area contributed by atoms with Crippen LogP contribution in [0.5, 0.6) is 0 Å². The number of rotatable bonds is 12. The standard InChI is InChI=1S/C31H52N4O5S2/c1-6-7-22-18-24(34(4)19-22)30(39)32-25(29-27(37)26(36)28(38)31(40-29)41-5)20(2)42-23-10-8-21(9-11-23)12-13-35-16-14-33(3)15-17-35/h8-11,20,22,24-29,31,36-38H,6-7,12-19H2,1-5H3,(H,32,39)/t20-,22+,24-,25-,26-,27+,28+,29?,31+/m0/s1. The molecule has 1 amide bonds. The maximum absolute atomic E-state index is 13.7. The quantitative estimate of drug-likeness (QED) is 0.257. The van der Waals surface area contributed by atoms with Crippen molar-refractivity contribution in [1.29, 1.82) is 0 Å². The summed E-state index contributed by atoms with van der Waals surface area (Å²) < 4.78 is 6.17. The number of amides is 1. The number of ether oxygens (including phenoxy) is 1. The summed E-state index contributed by atoms with van der Waals surface area (Å²) in [4.78, 5) is 21.7. The number of nitrogens with one attached hydrogen (secondary N) is 1. The first-order valence-electron chi connectivity index (χ1n) is 15.5. The molecule has 1 unspecified atom stereocenters. The molecule has 3 aliphatic heterocycles. The van der Waals surface area contributed by atoms with Gasteiger partial charge in [-0.1, -0.05) is 32.4 Å². The average Bonchev–Trinajstić information content (AvgIpc) is 3.35. The largest absolute Gasteiger partial charge is 0.388 e. The average molecular weight is 625 g/mol. The van der Waals surface area contributed by atoms with Crippen LogP contribution in [0.15, 0.2) is 29.2 Å². The van der Waals surface area contributed by atoms with Gasteiger partial charge < -0.3 is 35.2 Å². The first-order valence-corrected chi connectivity index (χ1v) is 17.7. The zero-order chi connectivity index (χ0) is 30.4. The predicted molar refractivity (Wildman–Crippen MR) is 171 cm³/mol. The van der Waals surface area contributed by atoms with E-state index >= 15 is 0 Å². The molecule has 0 bridgehead atoms. The molecule has 4 rings (SSSR count). The third-order valence-corrected chi connectivity index (χ3v) is 11.3. The molecule has 3 heterocycles. The predicted octanol–water partition coefficient (Wildman–Crippen LogP) is 1.73. The van der Waals surface area contributed by atoms with Gasteiger partial charge in [-0.25, -0.2) is 0 Å². The number of likely N-dealkylation sites (tertiary alicyclic amines) is 1. The maximum Gasteiger partial charge on any atom is 0.237 e. The molecule has 1 aromatic rings. The van der Waals surface area contributed by atoms with Gasteiger partial charge in [-0.15, -0.1) is 23.5 Å². The highest BCUT2D eigenvalue weighted by molar-refractivity contribution is 8.00. The normalized spacial score (nSPS) is 33.0. The van der Waals surface area contributed by atoms with Crippen LogP contribution in [0.3, 0.4) is 0 Å². The molecule has 0 aromatic heterocycles. The van der Waals surface area contributed by atoms with Crippen LogP contribution >= 0.6 is 23.5 Å². The van der Waals surface area contributed by atoms with Crippen molar-refractivity contribution in [3.8, 4) is 0 Å². The topological polar surface area (TPSA) is 109 Å². The Balaban J connectivity index is 1.44. The van der Waals surface area contributed by atoms with Crippen LogP contribution in [0.1, 0.15) is 38.7 Å². The van der Waals surface area contributed by atoms with Crippen molar-refractivity contribution in [2.75, 3.05) is 59.6 Å². The molecular formula is C31H52N4O5S2. The Hall–Kier alpha value is -0.890. The molecule has 1 aromatic carbocycles. The highest BCUT2D eigenvalue weighted by atomic mass is 32.2. The summed E-state index contributed by atoms with van der Waals surface area (Å²) in [6.07, 6.45) is 1.04. The van der Waals surface area contributed by atoms with Crippen LogP contribution in [0, 0.1) is 5.92 Å². The van der Waals surface area contributed by atoms with Gasteiger partial charge in [0.2, 0.25) is 5.91 Å². The van der Waals surface area contributed by atoms with Crippen molar-refractivity contribution in [3.05, 3.63) is 29.8 Å². The summed E-state index contributed by atoms with van der Waals surface area (Å²) in [6.45, 7) is 10.6. The Kier molecular flexibility index (Phi) is 12.9. The number of hydrogen-bond acceptors (Lipinski definition) is 10. The Labute approximate surface area is 260 Å². The molecule has 0 aliphatic carbocycles. The molecule has 3 saturated heterocycles. The first-order chi connectivity index (χ1) is 20.1. The molecular weight excluding hydrogens is 572 g/mol. The van der Waals surface area contributed by atoms with E-state index in [0.29, 0.717) is 5.92 Å². The maximum atomic E-state index is 13.7. The number of carbonyl (C=O) groups is 1. The van der Waals surface area contributed by atoms with Crippen molar-refractivity contribution < 1.29 is 24.9 Å². The molecule has 4 N–H and O–H groups in total. The second kappa shape index (κ2) is 15.9. The van der Waals surface area contributed by atoms with Crippen LogP contribution in [-0.2, 0) is 16.0 Å². The van der Waals surface area contributed by atoms with Crippen LogP contribution < -0.4 is 5.32 Å². The summed E-state index contributed by atoms with van der Waals surface area (Å²) in [7, 11) is 4.17. The van der Waals surface area contributed by atoms with Crippen molar-refractivity contribution in [2.45, 2.75) is 91.6 Å². The van der Waals surface area contributed by atoms with E-state index in [0.717, 1.165) is 69.8 Å². The summed E-state index contributed by atoms with van der Waals surface area (Å²) in [5.41, 5.74) is 0.598. The van der Waals surface area contributed by atoms with Crippen LogP contribution in [0.2, 0.25) is 0 Å². The lowest BCUT2D eigenvalue weighted by atomic mass is 9.92. The number of hydrogen-bond donors (Lipinski definition) is 4. The van der Waals surface area contributed by atoms with Gasteiger partial charge in [-0.05, 0) is 63.2 Å². The highest BCUT2D eigenvalue weighted by Gasteiger charge is 2.48. The van der Waals surface area contributed by atoms with Crippen LogP contribution in [0.4, 0.5) is 0 Å². The van der Waals surface area contributed by atoms with Gasteiger partial charge in [0.15, 0.2) is 0 Å². The number of likely N-dealkylation sites (N-methyl/N-ethyl adjacent to an activating group) is 2. The van der Waals surface area contributed by atoms with E-state index in [4.69, 9.17) is 4.74 Å². The van der Waals surface area contributed by atoms with Gasteiger partial charge in [0.25, 0.3) is 0 Å². The molecule has 9 atom stereocenters. The van der Waals surface area contributed by atoms with Crippen LogP contribution in [-0.4, -0.2) is 143 Å². The lowest BCUT2D eigenvalue weighted by molar-refractivity contribution is -0.205. The summed E-state index contributed by atoms with van der Waals surface area (Å²) in [5.74, 6) is 0.412. The monoisotopic (exact) mass is 624 g/mol.